The summed E-state index contributed by atoms with van der Waals surface area (Å²) < 4.78 is 5.57. The number of halogens is 1. The Morgan fingerprint density at radius 3 is 2.50 bits per heavy atom. The third kappa shape index (κ3) is 3.44. The zero-order chi connectivity index (χ0) is 13.1. The number of carbonyl (C=O) groups excluding carboxylic acids is 1. The van der Waals surface area contributed by atoms with Crippen molar-refractivity contribution in [2.75, 3.05) is 32.8 Å². The van der Waals surface area contributed by atoms with Gasteiger partial charge in [-0.15, -0.1) is 12.4 Å². The molecule has 4 nitrogen and oxygen atoms in total. The molecule has 2 aliphatic rings. The quantitative estimate of drug-likeness (QED) is 0.917. The molecule has 2 heterocycles. The van der Waals surface area contributed by atoms with Crippen molar-refractivity contribution < 1.29 is 9.53 Å². The predicted molar refractivity (Wildman–Crippen MR) is 80.2 cm³/mol. The van der Waals surface area contributed by atoms with Gasteiger partial charge in [0.25, 0.3) is 0 Å². The molecule has 1 amide bonds. The van der Waals surface area contributed by atoms with E-state index < -0.39 is 0 Å². The molecule has 110 valence electrons. The normalized spacial score (nSPS) is 24.1. The molecule has 5 heteroatoms. The summed E-state index contributed by atoms with van der Waals surface area (Å²) in [5.41, 5.74) is 0. The minimum atomic E-state index is 0. The summed E-state index contributed by atoms with van der Waals surface area (Å²) in [4.78, 5) is 14.1. The molecule has 0 unspecified atom stereocenters. The van der Waals surface area contributed by atoms with Crippen molar-refractivity contribution >= 4 is 18.3 Å². The number of likely N-dealkylation sites (tertiary alicyclic amines) is 1. The van der Waals surface area contributed by atoms with Gasteiger partial charge in [0.1, 0.15) is 5.75 Å². The Morgan fingerprint density at radius 1 is 1.20 bits per heavy atom. The summed E-state index contributed by atoms with van der Waals surface area (Å²) in [7, 11) is 0. The number of benzene rings is 1. The summed E-state index contributed by atoms with van der Waals surface area (Å²) in [6, 6.07) is 9.65. The summed E-state index contributed by atoms with van der Waals surface area (Å²) >= 11 is 0. The largest absolute Gasteiger partial charge is 0.493 e. The summed E-state index contributed by atoms with van der Waals surface area (Å²) in [5.74, 6) is 2.39. The third-order valence-corrected chi connectivity index (χ3v) is 4.07. The van der Waals surface area contributed by atoms with Crippen LogP contribution < -0.4 is 10.1 Å². The molecule has 0 bridgehead atoms. The van der Waals surface area contributed by atoms with Gasteiger partial charge in [-0.1, -0.05) is 18.2 Å². The van der Waals surface area contributed by atoms with Gasteiger partial charge in [-0.2, -0.15) is 0 Å². The minimum Gasteiger partial charge on any atom is -0.493 e. The van der Waals surface area contributed by atoms with Crippen molar-refractivity contribution in [2.24, 2.45) is 11.8 Å². The number of fused-ring (bicyclic) bond motifs is 1. The van der Waals surface area contributed by atoms with Crippen molar-refractivity contribution in [3.05, 3.63) is 30.3 Å². The molecule has 1 aromatic rings. The fourth-order valence-electron chi connectivity index (χ4n) is 2.99. The molecule has 2 fully saturated rings. The van der Waals surface area contributed by atoms with E-state index in [2.05, 4.69) is 5.32 Å². The van der Waals surface area contributed by atoms with Crippen LogP contribution in [0.1, 0.15) is 6.42 Å². The number of hydrogen-bond donors (Lipinski definition) is 1. The Morgan fingerprint density at radius 2 is 1.85 bits per heavy atom. The molecule has 2 aliphatic heterocycles. The van der Waals surface area contributed by atoms with Gasteiger partial charge in [0.05, 0.1) is 13.0 Å². The number of hydrogen-bond acceptors (Lipinski definition) is 3. The van der Waals surface area contributed by atoms with Crippen LogP contribution in [0.2, 0.25) is 0 Å². The summed E-state index contributed by atoms with van der Waals surface area (Å²) in [5, 5.41) is 3.39. The highest BCUT2D eigenvalue weighted by Gasteiger charge is 2.37. The van der Waals surface area contributed by atoms with E-state index in [-0.39, 0.29) is 18.3 Å². The molecule has 0 spiro atoms. The molecule has 2 atom stereocenters. The number of carbonyl (C=O) groups is 1. The molecular weight excluding hydrogens is 276 g/mol. The average molecular weight is 297 g/mol. The van der Waals surface area contributed by atoms with Gasteiger partial charge >= 0.3 is 0 Å². The second-order valence-electron chi connectivity index (χ2n) is 5.39. The first-order valence-electron chi connectivity index (χ1n) is 6.99. The van der Waals surface area contributed by atoms with E-state index in [1.165, 1.54) is 0 Å². The minimum absolute atomic E-state index is 0. The second-order valence-corrected chi connectivity index (χ2v) is 5.39. The van der Waals surface area contributed by atoms with Crippen LogP contribution in [0.5, 0.6) is 5.75 Å². The number of amides is 1. The standard InChI is InChI=1S/C15H20N2O2.ClH/c18-15(6-7-19-14-4-2-1-3-5-14)17-10-12-8-16-9-13(12)11-17;/h1-5,12-13,16H,6-11H2;1H/t12-,13+;. The molecule has 2 saturated heterocycles. The van der Waals surface area contributed by atoms with E-state index in [0.29, 0.717) is 24.9 Å². The highest BCUT2D eigenvalue weighted by molar-refractivity contribution is 5.85. The van der Waals surface area contributed by atoms with Crippen LogP contribution in [-0.4, -0.2) is 43.6 Å². The van der Waals surface area contributed by atoms with Gasteiger partial charge in [0.2, 0.25) is 5.91 Å². The first-order valence-corrected chi connectivity index (χ1v) is 6.99. The van der Waals surface area contributed by atoms with Crippen LogP contribution in [0.25, 0.3) is 0 Å². The molecular formula is C15H21ClN2O2. The molecule has 3 rings (SSSR count). The van der Waals surface area contributed by atoms with Crippen molar-refractivity contribution in [1.29, 1.82) is 0 Å². The monoisotopic (exact) mass is 296 g/mol. The first kappa shape index (κ1) is 15.1. The van der Waals surface area contributed by atoms with Crippen LogP contribution in [-0.2, 0) is 4.79 Å². The lowest BCUT2D eigenvalue weighted by molar-refractivity contribution is -0.130. The lowest BCUT2D eigenvalue weighted by atomic mass is 10.0. The van der Waals surface area contributed by atoms with E-state index in [1.807, 2.05) is 35.2 Å². The van der Waals surface area contributed by atoms with Crippen LogP contribution >= 0.6 is 12.4 Å². The Bertz CT molecular complexity index is 429. The van der Waals surface area contributed by atoms with Crippen molar-refractivity contribution in [2.45, 2.75) is 6.42 Å². The van der Waals surface area contributed by atoms with Gasteiger partial charge in [-0.3, -0.25) is 4.79 Å². The Kier molecular flexibility index (Phi) is 5.26. The lowest BCUT2D eigenvalue weighted by Crippen LogP contribution is -2.32. The van der Waals surface area contributed by atoms with E-state index in [9.17, 15) is 4.79 Å². The highest BCUT2D eigenvalue weighted by atomic mass is 35.5. The van der Waals surface area contributed by atoms with Crippen LogP contribution in [0.15, 0.2) is 30.3 Å². The lowest BCUT2D eigenvalue weighted by Gasteiger charge is -2.17. The van der Waals surface area contributed by atoms with Gasteiger partial charge in [0.15, 0.2) is 0 Å². The van der Waals surface area contributed by atoms with Crippen molar-refractivity contribution in [3.63, 3.8) is 0 Å². The first-order chi connectivity index (χ1) is 9.33. The van der Waals surface area contributed by atoms with Crippen LogP contribution in [0.4, 0.5) is 0 Å². The molecule has 0 aliphatic carbocycles. The van der Waals surface area contributed by atoms with Crippen molar-refractivity contribution in [1.82, 2.24) is 10.2 Å². The van der Waals surface area contributed by atoms with E-state index in [4.69, 9.17) is 4.74 Å². The maximum atomic E-state index is 12.1. The number of nitrogens with one attached hydrogen (secondary N) is 1. The summed E-state index contributed by atoms with van der Waals surface area (Å²) in [6.45, 7) is 4.43. The Labute approximate surface area is 125 Å². The predicted octanol–water partition coefficient (Wildman–Crippen LogP) is 1.56. The van der Waals surface area contributed by atoms with Crippen LogP contribution in [0.3, 0.4) is 0 Å². The molecule has 1 aromatic carbocycles. The van der Waals surface area contributed by atoms with E-state index >= 15 is 0 Å². The molecule has 0 aromatic heterocycles. The average Bonchev–Trinajstić information content (AvgIpc) is 3.00. The van der Waals surface area contributed by atoms with E-state index in [0.717, 1.165) is 31.9 Å². The van der Waals surface area contributed by atoms with Gasteiger partial charge in [-0.05, 0) is 24.0 Å². The zero-order valence-corrected chi connectivity index (χ0v) is 12.3. The van der Waals surface area contributed by atoms with Crippen LogP contribution in [0, 0.1) is 11.8 Å². The van der Waals surface area contributed by atoms with Gasteiger partial charge < -0.3 is 15.0 Å². The SMILES string of the molecule is Cl.O=C(CCOc1ccccc1)N1C[C@H]2CNC[C@H]2C1. The Balaban J connectivity index is 0.00000147. The highest BCUT2D eigenvalue weighted by Crippen LogP contribution is 2.26. The topological polar surface area (TPSA) is 41.6 Å². The van der Waals surface area contributed by atoms with E-state index in [1.54, 1.807) is 0 Å². The second kappa shape index (κ2) is 6.95. The Hall–Kier alpha value is -1.26. The zero-order valence-electron chi connectivity index (χ0n) is 11.5. The summed E-state index contributed by atoms with van der Waals surface area (Å²) in [6.07, 6.45) is 0.474. The fourth-order valence-corrected chi connectivity index (χ4v) is 2.99. The molecule has 0 radical (unpaired) electrons. The number of para-hydroxylation sites is 1. The number of nitrogens with zero attached hydrogens (tertiary/aromatic N) is 1. The van der Waals surface area contributed by atoms with Crippen molar-refractivity contribution in [3.8, 4) is 5.75 Å². The van der Waals surface area contributed by atoms with Gasteiger partial charge in [-0.25, -0.2) is 0 Å². The van der Waals surface area contributed by atoms with Gasteiger partial charge in [0, 0.05) is 26.2 Å². The smallest absolute Gasteiger partial charge is 0.226 e. The fraction of sp³-hybridized carbons (Fsp3) is 0.533. The number of rotatable bonds is 4. The third-order valence-electron chi connectivity index (χ3n) is 4.07. The maximum Gasteiger partial charge on any atom is 0.226 e. The maximum absolute atomic E-state index is 12.1. The number of ether oxygens (including phenoxy) is 1. The molecule has 0 saturated carbocycles. The molecule has 20 heavy (non-hydrogen) atoms. The molecule has 1 N–H and O–H groups in total.